The molecule has 0 aromatic rings. The van der Waals surface area contributed by atoms with Crippen molar-refractivity contribution in [2.24, 2.45) is 52.3 Å². The number of ether oxygens (including phenoxy) is 1. The lowest BCUT2D eigenvalue weighted by atomic mass is 9.44. The van der Waals surface area contributed by atoms with E-state index in [2.05, 4.69) is 33.0 Å². The lowest BCUT2D eigenvalue weighted by Crippen LogP contribution is -3.00. The molecule has 0 amide bonds. The van der Waals surface area contributed by atoms with Gasteiger partial charge in [0.25, 0.3) is 0 Å². The monoisotopic (exact) mass is 416 g/mol. The molecule has 4 aliphatic carbocycles. The van der Waals surface area contributed by atoms with E-state index in [1.165, 1.54) is 57.9 Å². The van der Waals surface area contributed by atoms with Gasteiger partial charge in [0.05, 0.1) is 18.8 Å². The van der Waals surface area contributed by atoms with E-state index in [4.69, 9.17) is 4.74 Å². The second-order valence-corrected chi connectivity index (χ2v) is 13.4. The molecule has 3 N–H and O–H groups in total. The fourth-order valence-electron chi connectivity index (χ4n) is 10.6. The van der Waals surface area contributed by atoms with Gasteiger partial charge in [-0.25, -0.2) is 0 Å². The van der Waals surface area contributed by atoms with Crippen molar-refractivity contribution in [1.82, 2.24) is 0 Å². The Balaban J connectivity index is 1.26. The molecule has 3 heteroatoms. The molecule has 2 saturated heterocycles. The number of nitrogens with two attached hydrogens (primary N) is 1. The predicted molar refractivity (Wildman–Crippen MR) is 119 cm³/mol. The average Bonchev–Trinajstić information content (AvgIpc) is 3.16. The van der Waals surface area contributed by atoms with Gasteiger partial charge in [0.1, 0.15) is 0 Å². The Kier molecular flexibility index (Phi) is 4.58. The third-order valence-electron chi connectivity index (χ3n) is 12.3. The zero-order valence-electron chi connectivity index (χ0n) is 19.9. The van der Waals surface area contributed by atoms with Crippen LogP contribution in [0.5, 0.6) is 0 Å². The zero-order valence-corrected chi connectivity index (χ0v) is 19.9. The van der Waals surface area contributed by atoms with Gasteiger partial charge < -0.3 is 15.2 Å². The molecule has 4 saturated carbocycles. The van der Waals surface area contributed by atoms with Gasteiger partial charge in [0.15, 0.2) is 0 Å². The van der Waals surface area contributed by atoms with Crippen molar-refractivity contribution in [3.8, 4) is 0 Å². The summed E-state index contributed by atoms with van der Waals surface area (Å²) >= 11 is 0. The van der Waals surface area contributed by atoms with Gasteiger partial charge >= 0.3 is 0 Å². The van der Waals surface area contributed by atoms with Crippen molar-refractivity contribution in [3.05, 3.63) is 0 Å². The Morgan fingerprint density at radius 3 is 2.43 bits per heavy atom. The van der Waals surface area contributed by atoms with Crippen LogP contribution in [0.4, 0.5) is 0 Å². The van der Waals surface area contributed by atoms with Crippen LogP contribution in [0.1, 0.15) is 91.9 Å². The number of hydrogen-bond acceptors (Lipinski definition) is 2. The van der Waals surface area contributed by atoms with Crippen LogP contribution in [-0.2, 0) is 4.74 Å². The average molecular weight is 417 g/mol. The van der Waals surface area contributed by atoms with Gasteiger partial charge in [0, 0.05) is 24.2 Å². The van der Waals surface area contributed by atoms with Crippen LogP contribution in [0, 0.1) is 52.3 Å². The van der Waals surface area contributed by atoms with E-state index in [1.54, 1.807) is 0 Å². The van der Waals surface area contributed by atoms with E-state index in [0.717, 1.165) is 48.3 Å². The van der Waals surface area contributed by atoms with Crippen LogP contribution in [-0.4, -0.2) is 29.6 Å². The molecule has 3 nitrogen and oxygen atoms in total. The van der Waals surface area contributed by atoms with E-state index in [-0.39, 0.29) is 11.8 Å². The second-order valence-electron chi connectivity index (χ2n) is 13.4. The van der Waals surface area contributed by atoms with Crippen molar-refractivity contribution in [3.63, 3.8) is 0 Å². The van der Waals surface area contributed by atoms with Crippen LogP contribution in [0.15, 0.2) is 0 Å². The van der Waals surface area contributed by atoms with Gasteiger partial charge in [-0.3, -0.25) is 0 Å². The molecule has 0 radical (unpaired) electrons. The highest BCUT2D eigenvalue weighted by Gasteiger charge is 2.69. The summed E-state index contributed by atoms with van der Waals surface area (Å²) in [5.74, 6) is 5.75. The first-order valence-electron chi connectivity index (χ1n) is 13.5. The van der Waals surface area contributed by atoms with E-state index in [0.29, 0.717) is 22.9 Å². The fourth-order valence-corrected chi connectivity index (χ4v) is 10.6. The summed E-state index contributed by atoms with van der Waals surface area (Å²) in [5.41, 5.74) is 1.07. The maximum Gasteiger partial charge on any atom is 0.203 e. The lowest BCUT2D eigenvalue weighted by molar-refractivity contribution is -0.786. The van der Waals surface area contributed by atoms with Crippen LogP contribution in [0.2, 0.25) is 0 Å². The second kappa shape index (κ2) is 6.70. The Bertz CT molecular complexity index is 686. The Labute approximate surface area is 184 Å². The van der Waals surface area contributed by atoms with Gasteiger partial charge in [0.2, 0.25) is 5.72 Å². The predicted octanol–water partition coefficient (Wildman–Crippen LogP) is 4.34. The topological polar surface area (TPSA) is 46.1 Å². The fraction of sp³-hybridized carbons (Fsp3) is 1.00. The van der Waals surface area contributed by atoms with Gasteiger partial charge in [-0.15, -0.1) is 0 Å². The molecule has 0 aromatic carbocycles. The van der Waals surface area contributed by atoms with Gasteiger partial charge in [-0.2, -0.15) is 0 Å². The lowest BCUT2D eigenvalue weighted by Gasteiger charge is -2.61. The summed E-state index contributed by atoms with van der Waals surface area (Å²) in [5, 5.41) is 12.9. The molecule has 30 heavy (non-hydrogen) atoms. The first-order valence-corrected chi connectivity index (χ1v) is 13.5. The SMILES string of the molecule is C[C@@H]1CC[C@@]2([NH2+]C1)O[C@H]1C[C@H]3[C@@H]4CC[C@H]5C[C@@H](O)CC[C@]5(C)[C@H]4CC[C@@]3(C)[C@H]1[C@@H]2C. The number of quaternary nitrogens is 1. The number of aliphatic hydroxyl groups excluding tert-OH is 1. The number of fused-ring (bicyclic) bond motifs is 7. The van der Waals surface area contributed by atoms with Crippen LogP contribution < -0.4 is 5.32 Å². The Morgan fingerprint density at radius 2 is 1.67 bits per heavy atom. The number of rotatable bonds is 0. The molecule has 2 heterocycles. The van der Waals surface area contributed by atoms with Crippen LogP contribution in [0.25, 0.3) is 0 Å². The van der Waals surface area contributed by atoms with Gasteiger partial charge in [-0.1, -0.05) is 27.7 Å². The molecule has 6 aliphatic rings. The number of aliphatic hydroxyl groups is 1. The summed E-state index contributed by atoms with van der Waals surface area (Å²) in [7, 11) is 0. The summed E-state index contributed by atoms with van der Waals surface area (Å²) in [6.07, 6.45) is 13.4. The third-order valence-corrected chi connectivity index (χ3v) is 12.3. The maximum absolute atomic E-state index is 10.3. The van der Waals surface area contributed by atoms with Crippen molar-refractivity contribution >= 4 is 0 Å². The number of hydrogen-bond donors (Lipinski definition) is 2. The standard InChI is InChI=1S/C27H45NO2/c1-16-7-12-27(28-15-16)17(2)24-23(30-27)14-22-20-6-5-18-13-19(29)8-10-25(18,3)21(20)9-11-26(22,24)4/h16-24,28-29H,5-15H2,1-4H3/p+1/t16-,17+,18+,19+,20-,21+,22+,23+,24+,25+,26-,27-/m1/s1. The Morgan fingerprint density at radius 1 is 0.867 bits per heavy atom. The largest absolute Gasteiger partial charge is 0.393 e. The molecule has 1 spiro atoms. The van der Waals surface area contributed by atoms with Crippen LogP contribution >= 0.6 is 0 Å². The van der Waals surface area contributed by atoms with E-state index < -0.39 is 0 Å². The molecule has 12 atom stereocenters. The zero-order chi connectivity index (χ0) is 20.9. The molecular formula is C27H46NO2+. The van der Waals surface area contributed by atoms with Crippen molar-refractivity contribution in [2.75, 3.05) is 6.54 Å². The smallest absolute Gasteiger partial charge is 0.203 e. The minimum Gasteiger partial charge on any atom is -0.393 e. The highest BCUT2D eigenvalue weighted by Crippen LogP contribution is 2.70. The van der Waals surface area contributed by atoms with Crippen molar-refractivity contribution in [2.45, 2.75) is 110 Å². The quantitative estimate of drug-likeness (QED) is 0.617. The molecule has 0 unspecified atom stereocenters. The minimum absolute atomic E-state index is 0.0285. The molecule has 6 fully saturated rings. The summed E-state index contributed by atoms with van der Waals surface area (Å²) in [4.78, 5) is 0. The molecule has 0 aromatic heterocycles. The van der Waals surface area contributed by atoms with E-state index >= 15 is 0 Å². The normalized spacial score (nSPS) is 62.5. The van der Waals surface area contributed by atoms with E-state index in [1.807, 2.05) is 0 Å². The van der Waals surface area contributed by atoms with Crippen molar-refractivity contribution < 1.29 is 15.2 Å². The Hall–Kier alpha value is -0.120. The first kappa shape index (κ1) is 20.5. The highest BCUT2D eigenvalue weighted by atomic mass is 16.5. The highest BCUT2D eigenvalue weighted by molar-refractivity contribution is 5.15. The molecule has 170 valence electrons. The summed E-state index contributed by atoms with van der Waals surface area (Å²) in [6.45, 7) is 11.5. The summed E-state index contributed by atoms with van der Waals surface area (Å²) < 4.78 is 7.07. The van der Waals surface area contributed by atoms with Crippen molar-refractivity contribution in [1.29, 1.82) is 0 Å². The summed E-state index contributed by atoms with van der Waals surface area (Å²) in [6, 6.07) is 0. The van der Waals surface area contributed by atoms with Crippen LogP contribution in [0.3, 0.4) is 0 Å². The molecular weight excluding hydrogens is 370 g/mol. The number of piperidine rings is 1. The first-order chi connectivity index (χ1) is 14.3. The maximum atomic E-state index is 10.3. The van der Waals surface area contributed by atoms with Gasteiger partial charge in [-0.05, 0) is 92.3 Å². The minimum atomic E-state index is -0.0285. The molecule has 0 bridgehead atoms. The molecule has 6 rings (SSSR count). The third kappa shape index (κ3) is 2.61. The molecule has 2 aliphatic heterocycles. The van der Waals surface area contributed by atoms with E-state index in [9.17, 15) is 5.11 Å².